The molecular weight excluding hydrogens is 574 g/mol. The standard InChI is InChI=1S/C32H32ClN3O5S/c33-23-8-11-26-20(14-23)5-3-13-32(26)18-36-17-22-7-10-25(22)31(38)34-27-6-2-1-4-21(27)15-30(37)35-42(39,40)24-9-12-29(41-19-32)28(36)16-24/h1-2,4,6,8-9,11-12,14,16,22,25H,3,5,7,10,13,15,17-19H2,(H,34,38)(H,35,37)/t22-,25+,32-/m0/s1. The Morgan fingerprint density at radius 1 is 1.00 bits per heavy atom. The predicted octanol–water partition coefficient (Wildman–Crippen LogP) is 4.84. The summed E-state index contributed by atoms with van der Waals surface area (Å²) in [6, 6.07) is 17.9. The van der Waals surface area contributed by atoms with Crippen molar-refractivity contribution in [2.75, 3.05) is 29.9 Å². The van der Waals surface area contributed by atoms with Gasteiger partial charge in [-0.05, 0) is 91.1 Å². The van der Waals surface area contributed by atoms with Crippen LogP contribution in [0.3, 0.4) is 0 Å². The van der Waals surface area contributed by atoms with Gasteiger partial charge in [-0.2, -0.15) is 0 Å². The van der Waals surface area contributed by atoms with E-state index >= 15 is 0 Å². The molecule has 0 radical (unpaired) electrons. The highest BCUT2D eigenvalue weighted by Gasteiger charge is 2.44. The Morgan fingerprint density at radius 2 is 1.86 bits per heavy atom. The SMILES string of the molecule is O=C1Cc2ccccc2NC(=O)[C@@H]2CC[C@H]2CN2C[C@@]3(CCCc4cc(Cl)ccc43)COc3ccc(cc32)S(=O)(=O)N1. The molecule has 2 N–H and O–H groups in total. The second-order valence-corrected chi connectivity index (χ2v) is 14.1. The van der Waals surface area contributed by atoms with Crippen molar-refractivity contribution in [2.24, 2.45) is 11.8 Å². The molecule has 10 heteroatoms. The van der Waals surface area contributed by atoms with Gasteiger partial charge < -0.3 is 15.0 Å². The average Bonchev–Trinajstić information content (AvgIpc) is 3.08. The smallest absolute Gasteiger partial charge is 0.264 e. The third-order valence-corrected chi connectivity index (χ3v) is 11.0. The predicted molar refractivity (Wildman–Crippen MR) is 161 cm³/mol. The van der Waals surface area contributed by atoms with Crippen LogP contribution >= 0.6 is 11.6 Å². The minimum atomic E-state index is -4.16. The maximum absolute atomic E-state index is 13.5. The molecule has 2 bridgehead atoms. The van der Waals surface area contributed by atoms with Gasteiger partial charge in [0.25, 0.3) is 10.0 Å². The summed E-state index contributed by atoms with van der Waals surface area (Å²) in [6.07, 6.45) is 4.33. The van der Waals surface area contributed by atoms with Gasteiger partial charge in [0.15, 0.2) is 0 Å². The fourth-order valence-electron chi connectivity index (χ4n) is 7.12. The van der Waals surface area contributed by atoms with E-state index < -0.39 is 15.9 Å². The van der Waals surface area contributed by atoms with Gasteiger partial charge in [-0.3, -0.25) is 9.59 Å². The second-order valence-electron chi connectivity index (χ2n) is 12.0. The summed E-state index contributed by atoms with van der Waals surface area (Å²) < 4.78 is 35.6. The molecule has 4 aliphatic rings. The maximum Gasteiger partial charge on any atom is 0.264 e. The minimum absolute atomic E-state index is 0.00232. The summed E-state index contributed by atoms with van der Waals surface area (Å²) in [5.41, 5.74) is 3.84. The van der Waals surface area contributed by atoms with E-state index in [1.165, 1.54) is 17.2 Å². The number of para-hydroxylation sites is 1. The molecule has 2 heterocycles. The van der Waals surface area contributed by atoms with Gasteiger partial charge in [-0.15, -0.1) is 0 Å². The first-order chi connectivity index (χ1) is 20.2. The number of carbonyl (C=O) groups excluding carboxylic acids is 2. The molecule has 3 aromatic carbocycles. The van der Waals surface area contributed by atoms with Gasteiger partial charge in [-0.1, -0.05) is 35.9 Å². The Kier molecular flexibility index (Phi) is 6.70. The molecule has 8 nitrogen and oxygen atoms in total. The van der Waals surface area contributed by atoms with Gasteiger partial charge in [0, 0.05) is 35.1 Å². The van der Waals surface area contributed by atoms with Crippen molar-refractivity contribution in [3.8, 4) is 5.75 Å². The van der Waals surface area contributed by atoms with E-state index in [4.69, 9.17) is 16.3 Å². The van der Waals surface area contributed by atoms with E-state index in [1.54, 1.807) is 36.4 Å². The van der Waals surface area contributed by atoms with Crippen LogP contribution in [0.25, 0.3) is 0 Å². The second kappa shape index (κ2) is 10.3. The van der Waals surface area contributed by atoms with Crippen LogP contribution in [-0.4, -0.2) is 39.9 Å². The minimum Gasteiger partial charge on any atom is -0.490 e. The number of ether oxygens (including phenoxy) is 1. The van der Waals surface area contributed by atoms with Crippen LogP contribution in [-0.2, 0) is 37.9 Å². The lowest BCUT2D eigenvalue weighted by Crippen LogP contribution is -2.49. The molecule has 218 valence electrons. The molecule has 1 saturated carbocycles. The molecule has 0 aromatic heterocycles. The quantitative estimate of drug-likeness (QED) is 0.380. The summed E-state index contributed by atoms with van der Waals surface area (Å²) in [5.74, 6) is -0.264. The summed E-state index contributed by atoms with van der Waals surface area (Å²) >= 11 is 6.37. The molecule has 2 aliphatic heterocycles. The van der Waals surface area contributed by atoms with Crippen molar-refractivity contribution in [3.05, 3.63) is 82.4 Å². The maximum atomic E-state index is 13.5. The van der Waals surface area contributed by atoms with E-state index in [9.17, 15) is 18.0 Å². The Hall–Kier alpha value is -3.56. The van der Waals surface area contributed by atoms with Gasteiger partial charge in [0.1, 0.15) is 5.75 Å². The summed E-state index contributed by atoms with van der Waals surface area (Å²) in [5, 5.41) is 3.74. The number of nitrogens with one attached hydrogen (secondary N) is 2. The first-order valence-corrected chi connectivity index (χ1v) is 16.3. The average molecular weight is 606 g/mol. The largest absolute Gasteiger partial charge is 0.490 e. The van der Waals surface area contributed by atoms with Gasteiger partial charge in [0.2, 0.25) is 11.8 Å². The van der Waals surface area contributed by atoms with Crippen LogP contribution in [0.2, 0.25) is 5.02 Å². The number of carbonyl (C=O) groups is 2. The number of amides is 2. The van der Waals surface area contributed by atoms with Gasteiger partial charge in [-0.25, -0.2) is 13.1 Å². The fraction of sp³-hybridized carbons (Fsp3) is 0.375. The van der Waals surface area contributed by atoms with Gasteiger partial charge >= 0.3 is 0 Å². The number of aryl methyl sites for hydroxylation is 1. The van der Waals surface area contributed by atoms with Crippen molar-refractivity contribution in [2.45, 2.75) is 48.8 Å². The summed E-state index contributed by atoms with van der Waals surface area (Å²) in [4.78, 5) is 28.7. The van der Waals surface area contributed by atoms with E-state index in [0.717, 1.165) is 32.1 Å². The lowest BCUT2D eigenvalue weighted by Gasteiger charge is -2.44. The number of fused-ring (bicyclic) bond motifs is 5. The number of benzene rings is 3. The number of rotatable bonds is 0. The van der Waals surface area contributed by atoms with Crippen molar-refractivity contribution in [1.29, 1.82) is 0 Å². The van der Waals surface area contributed by atoms with E-state index in [2.05, 4.69) is 21.0 Å². The van der Waals surface area contributed by atoms with Gasteiger partial charge in [0.05, 0.1) is 23.6 Å². The van der Waals surface area contributed by atoms with Crippen molar-refractivity contribution in [1.82, 2.24) is 4.72 Å². The van der Waals surface area contributed by atoms with Crippen LogP contribution in [0.5, 0.6) is 5.75 Å². The monoisotopic (exact) mass is 605 g/mol. The molecule has 3 aromatic rings. The van der Waals surface area contributed by atoms with E-state index in [1.807, 2.05) is 12.1 Å². The van der Waals surface area contributed by atoms with Crippen LogP contribution in [0.4, 0.5) is 11.4 Å². The topological polar surface area (TPSA) is 105 Å². The molecule has 2 aliphatic carbocycles. The van der Waals surface area contributed by atoms with Crippen molar-refractivity contribution >= 4 is 44.8 Å². The third-order valence-electron chi connectivity index (χ3n) is 9.40. The first-order valence-electron chi connectivity index (χ1n) is 14.5. The number of halogens is 1. The Bertz CT molecular complexity index is 1710. The van der Waals surface area contributed by atoms with E-state index in [-0.39, 0.29) is 34.5 Å². The molecule has 7 rings (SSSR count). The van der Waals surface area contributed by atoms with Crippen molar-refractivity contribution in [3.63, 3.8) is 0 Å². The van der Waals surface area contributed by atoms with Crippen molar-refractivity contribution < 1.29 is 22.7 Å². The zero-order valence-electron chi connectivity index (χ0n) is 23.1. The Balaban J connectivity index is 1.33. The Labute approximate surface area is 250 Å². The highest BCUT2D eigenvalue weighted by atomic mass is 35.5. The zero-order valence-corrected chi connectivity index (χ0v) is 24.6. The number of sulfonamides is 1. The highest BCUT2D eigenvalue weighted by molar-refractivity contribution is 7.90. The third kappa shape index (κ3) is 4.82. The normalized spacial score (nSPS) is 26.5. The fourth-order valence-corrected chi connectivity index (χ4v) is 8.31. The molecule has 2 amide bonds. The zero-order chi connectivity index (χ0) is 29.1. The lowest BCUT2D eigenvalue weighted by atomic mass is 9.69. The molecule has 0 saturated heterocycles. The summed E-state index contributed by atoms with van der Waals surface area (Å²) in [6.45, 7) is 1.63. The molecule has 1 fully saturated rings. The molecule has 3 atom stereocenters. The molecule has 42 heavy (non-hydrogen) atoms. The number of hydrogen-bond acceptors (Lipinski definition) is 6. The molecular formula is C32H32ClN3O5S. The first kappa shape index (κ1) is 27.3. The molecule has 1 spiro atoms. The van der Waals surface area contributed by atoms with Crippen LogP contribution in [0, 0.1) is 11.8 Å². The Morgan fingerprint density at radius 3 is 2.69 bits per heavy atom. The highest BCUT2D eigenvalue weighted by Crippen LogP contribution is 2.46. The van der Waals surface area contributed by atoms with Crippen LogP contribution in [0.15, 0.2) is 65.6 Å². The number of nitrogens with zero attached hydrogens (tertiary/aromatic N) is 1. The van der Waals surface area contributed by atoms with E-state index in [0.29, 0.717) is 47.4 Å². The lowest BCUT2D eigenvalue weighted by molar-refractivity contribution is -0.124. The summed E-state index contributed by atoms with van der Waals surface area (Å²) in [7, 11) is -4.16. The van der Waals surface area contributed by atoms with Crippen LogP contribution in [0.1, 0.15) is 42.4 Å². The number of anilines is 2. The van der Waals surface area contributed by atoms with Crippen LogP contribution < -0.4 is 19.7 Å². The number of hydrogen-bond donors (Lipinski definition) is 2. The molecule has 0 unspecified atom stereocenters.